The van der Waals surface area contributed by atoms with Gasteiger partial charge in [0, 0.05) is 67.9 Å². The number of nitriles is 1. The Balaban J connectivity index is 1.03. The van der Waals surface area contributed by atoms with Crippen molar-refractivity contribution in [3.8, 4) is 6.07 Å². The van der Waals surface area contributed by atoms with E-state index in [1.807, 2.05) is 48.6 Å². The highest BCUT2D eigenvalue weighted by molar-refractivity contribution is 5.88. The molecule has 2 aliphatic heterocycles. The van der Waals surface area contributed by atoms with Crippen molar-refractivity contribution in [3.63, 3.8) is 0 Å². The minimum Gasteiger partial charge on any atom is -0.435 e. The van der Waals surface area contributed by atoms with Gasteiger partial charge < -0.3 is 20.2 Å². The maximum Gasteiger partial charge on any atom is 0.297 e. The first-order valence-corrected chi connectivity index (χ1v) is 19.4. The van der Waals surface area contributed by atoms with Crippen molar-refractivity contribution in [1.82, 2.24) is 35.1 Å². The van der Waals surface area contributed by atoms with Gasteiger partial charge in [0.1, 0.15) is 17.1 Å². The zero-order chi connectivity index (χ0) is 39.8. The number of likely N-dealkylation sites (tertiary alicyclic amines) is 2. The molecule has 3 N–H and O–H groups in total. The van der Waals surface area contributed by atoms with Gasteiger partial charge in [0.2, 0.25) is 11.8 Å². The second kappa shape index (κ2) is 15.7. The van der Waals surface area contributed by atoms with Crippen molar-refractivity contribution < 1.29 is 23.1 Å². The zero-order valence-corrected chi connectivity index (χ0v) is 32.2. The average molecular weight is 774 g/mol. The van der Waals surface area contributed by atoms with Crippen molar-refractivity contribution in [1.29, 1.82) is 5.26 Å². The summed E-state index contributed by atoms with van der Waals surface area (Å²) >= 11 is 0. The van der Waals surface area contributed by atoms with E-state index >= 15 is 0 Å². The molecule has 3 aromatic heterocycles. The number of rotatable bonds is 10. The minimum atomic E-state index is -2.88. The van der Waals surface area contributed by atoms with Crippen LogP contribution >= 0.6 is 0 Å². The highest BCUT2D eigenvalue weighted by Crippen LogP contribution is 2.49. The number of nitrogens with zero attached hydrogens (tertiary/aromatic N) is 7. The van der Waals surface area contributed by atoms with Crippen LogP contribution in [0.5, 0.6) is 0 Å². The molecule has 14 heteroatoms. The summed E-state index contributed by atoms with van der Waals surface area (Å²) < 4.78 is 34.5. The van der Waals surface area contributed by atoms with E-state index in [1.165, 1.54) is 0 Å². The van der Waals surface area contributed by atoms with Crippen LogP contribution in [0.25, 0.3) is 27.7 Å². The fraction of sp³-hybridized carbons (Fsp3) is 0.395. The Morgan fingerprint density at radius 1 is 1.04 bits per heavy atom. The Morgan fingerprint density at radius 2 is 1.81 bits per heavy atom. The van der Waals surface area contributed by atoms with Crippen molar-refractivity contribution in [2.24, 2.45) is 11.3 Å². The molecular weight excluding hydrogens is 729 g/mol. The van der Waals surface area contributed by atoms with Crippen LogP contribution in [-0.4, -0.2) is 80.1 Å². The molecule has 2 aromatic carbocycles. The van der Waals surface area contributed by atoms with Crippen molar-refractivity contribution in [2.75, 3.05) is 38.5 Å². The molecule has 5 heterocycles. The maximum atomic E-state index is 14.1. The molecule has 0 bridgehead atoms. The van der Waals surface area contributed by atoms with E-state index in [0.717, 1.165) is 54.7 Å². The first kappa shape index (κ1) is 38.3. The van der Waals surface area contributed by atoms with Gasteiger partial charge in [-0.05, 0) is 79.4 Å². The topological polar surface area (TPSA) is 156 Å². The first-order chi connectivity index (χ1) is 27.5. The molecular formula is C43H45F2N9O3. The molecule has 294 valence electrons. The number of carbonyl (C=O) groups is 1. The number of aromatic nitrogens is 4. The number of β-amino-alcohol motifs (C(OH)–C–C–N with tert-alkyl or cyclic N) is 1. The van der Waals surface area contributed by atoms with Crippen molar-refractivity contribution >= 4 is 45.1 Å². The highest BCUT2D eigenvalue weighted by Gasteiger charge is 2.38. The van der Waals surface area contributed by atoms with Gasteiger partial charge in [-0.1, -0.05) is 44.2 Å². The number of benzene rings is 2. The molecule has 2 fully saturated rings. The molecule has 2 unspecified atom stereocenters. The van der Waals surface area contributed by atoms with E-state index in [-0.39, 0.29) is 29.7 Å². The second-order valence-electron chi connectivity index (χ2n) is 15.8. The summed E-state index contributed by atoms with van der Waals surface area (Å²) in [5, 5.41) is 26.1. The Morgan fingerprint density at radius 3 is 2.54 bits per heavy atom. The third kappa shape index (κ3) is 7.87. The van der Waals surface area contributed by atoms with E-state index in [1.54, 1.807) is 19.3 Å². The third-order valence-electron chi connectivity index (χ3n) is 11.5. The van der Waals surface area contributed by atoms with E-state index in [9.17, 15) is 23.9 Å². The predicted octanol–water partition coefficient (Wildman–Crippen LogP) is 7.01. The Labute approximate surface area is 329 Å². The van der Waals surface area contributed by atoms with Gasteiger partial charge in [0.15, 0.2) is 17.2 Å². The van der Waals surface area contributed by atoms with E-state index in [4.69, 9.17) is 9.40 Å². The number of anilines is 2. The number of fused-ring (bicyclic) bond motifs is 2. The SMILES string of the molecule is CNC(=O)C1CCN(Cc2cc(C#N)c3oc(C4=CC=CC(c5cccc(Nc6nc(C(F)F)nc7cc(CN8CCC(O)C8)cnc67)c5)C4(C)C)nc3c2)CC1. The summed E-state index contributed by atoms with van der Waals surface area (Å²) in [4.78, 5) is 34.4. The molecule has 0 spiro atoms. The Hall–Kier alpha value is -5.62. The molecule has 8 rings (SSSR count). The van der Waals surface area contributed by atoms with Crippen molar-refractivity contribution in [3.05, 3.63) is 101 Å². The standard InChI is InChI=1S/C43H45F2N9O3/c1-43(2)32(8-5-9-33(43)42-51-35-17-25(16-29(20-46)37(35)57-42)22-53-13-10-27(11-14-53)41(56)47-3)28-6-4-7-30(19-28)49-39-36-34(50-40(52-39)38(44)45)18-26(21-48-36)23-54-15-12-31(55)24-54/h4-9,16-19,21,27,31-32,38,55H,10-15,22-24H2,1-3H3,(H,47,56)(H,49,50,52). The summed E-state index contributed by atoms with van der Waals surface area (Å²) in [7, 11) is 1.67. The number of allylic oxidation sites excluding steroid dienone is 4. The Kier molecular flexibility index (Phi) is 10.6. The summed E-state index contributed by atoms with van der Waals surface area (Å²) in [6.45, 7) is 8.32. The van der Waals surface area contributed by atoms with Crippen LogP contribution in [0.1, 0.15) is 79.4 Å². The average Bonchev–Trinajstić information content (AvgIpc) is 3.82. The number of hydrogen-bond donors (Lipinski definition) is 3. The normalized spacial score (nSPS) is 20.3. The van der Waals surface area contributed by atoms with Crippen LogP contribution < -0.4 is 10.6 Å². The fourth-order valence-corrected chi connectivity index (χ4v) is 8.47. The van der Waals surface area contributed by atoms with Gasteiger partial charge >= 0.3 is 0 Å². The predicted molar refractivity (Wildman–Crippen MR) is 212 cm³/mol. The van der Waals surface area contributed by atoms with E-state index < -0.39 is 17.7 Å². The summed E-state index contributed by atoms with van der Waals surface area (Å²) in [6, 6.07) is 15.7. The monoisotopic (exact) mass is 773 g/mol. The first-order valence-electron chi connectivity index (χ1n) is 19.4. The second-order valence-corrected chi connectivity index (χ2v) is 15.8. The number of halogens is 2. The van der Waals surface area contributed by atoms with Crippen LogP contribution in [-0.2, 0) is 17.9 Å². The quantitative estimate of drug-likeness (QED) is 0.134. The molecule has 12 nitrogen and oxygen atoms in total. The molecule has 1 amide bonds. The number of nitrogens with one attached hydrogen (secondary N) is 2. The smallest absolute Gasteiger partial charge is 0.297 e. The van der Waals surface area contributed by atoms with E-state index in [2.05, 4.69) is 61.4 Å². The number of aliphatic hydroxyl groups excluding tert-OH is 1. The largest absolute Gasteiger partial charge is 0.435 e. The van der Waals surface area contributed by atoms with Gasteiger partial charge in [-0.2, -0.15) is 5.26 Å². The summed E-state index contributed by atoms with van der Waals surface area (Å²) in [5.74, 6) is 0.0270. The van der Waals surface area contributed by atoms with Gasteiger partial charge in [-0.3, -0.25) is 19.6 Å². The number of carbonyl (C=O) groups excluding carboxylic acids is 1. The van der Waals surface area contributed by atoms with Crippen LogP contribution in [0.3, 0.4) is 0 Å². The van der Waals surface area contributed by atoms with Crippen LogP contribution in [0.2, 0.25) is 0 Å². The fourth-order valence-electron chi connectivity index (χ4n) is 8.47. The molecule has 1 aliphatic carbocycles. The summed E-state index contributed by atoms with van der Waals surface area (Å²) in [6.07, 6.45) is 6.84. The molecule has 5 aromatic rings. The van der Waals surface area contributed by atoms with Crippen LogP contribution in [0, 0.1) is 22.7 Å². The lowest BCUT2D eigenvalue weighted by Gasteiger charge is -2.36. The van der Waals surface area contributed by atoms with Gasteiger partial charge in [-0.25, -0.2) is 23.7 Å². The van der Waals surface area contributed by atoms with Gasteiger partial charge in [0.25, 0.3) is 6.43 Å². The lowest BCUT2D eigenvalue weighted by atomic mass is 9.67. The molecule has 0 saturated carbocycles. The minimum absolute atomic E-state index is 0.0267. The number of aliphatic hydroxyl groups is 1. The molecule has 3 aliphatic rings. The lowest BCUT2D eigenvalue weighted by Crippen LogP contribution is -2.39. The molecule has 2 saturated heterocycles. The van der Waals surface area contributed by atoms with Crippen LogP contribution in [0.4, 0.5) is 20.3 Å². The van der Waals surface area contributed by atoms with Gasteiger partial charge in [0.05, 0.1) is 17.2 Å². The van der Waals surface area contributed by atoms with Crippen molar-refractivity contribution in [2.45, 2.75) is 64.6 Å². The number of amides is 1. The maximum absolute atomic E-state index is 14.1. The van der Waals surface area contributed by atoms with E-state index in [0.29, 0.717) is 65.3 Å². The van der Waals surface area contributed by atoms with Crippen LogP contribution in [0.15, 0.2) is 71.3 Å². The number of hydrogen-bond acceptors (Lipinski definition) is 11. The summed E-state index contributed by atoms with van der Waals surface area (Å²) in [5.41, 5.74) is 5.94. The number of oxazole rings is 1. The molecule has 2 atom stereocenters. The molecule has 0 radical (unpaired) electrons. The highest BCUT2D eigenvalue weighted by atomic mass is 19.3. The lowest BCUT2D eigenvalue weighted by molar-refractivity contribution is -0.125. The Bertz CT molecular complexity index is 2430. The molecule has 57 heavy (non-hydrogen) atoms. The zero-order valence-electron chi connectivity index (χ0n) is 32.2. The third-order valence-corrected chi connectivity index (χ3v) is 11.5. The number of pyridine rings is 1. The number of piperidine rings is 1. The van der Waals surface area contributed by atoms with Gasteiger partial charge in [-0.15, -0.1) is 0 Å². The number of alkyl halides is 2.